The first kappa shape index (κ1) is 23.9. The fourth-order valence-corrected chi connectivity index (χ4v) is 4.86. The van der Waals surface area contributed by atoms with Gasteiger partial charge in [0.2, 0.25) is 12.3 Å². The third kappa shape index (κ3) is 4.18. The van der Waals surface area contributed by atoms with Crippen molar-refractivity contribution in [3.05, 3.63) is 80.3 Å². The van der Waals surface area contributed by atoms with E-state index in [9.17, 15) is 24.5 Å². The number of nitrogens with one attached hydrogen (secondary N) is 1. The molecular formula is C23H19Cl2N3O6. The molecule has 1 N–H and O–H groups in total. The molecule has 176 valence electrons. The van der Waals surface area contributed by atoms with Gasteiger partial charge in [0, 0.05) is 23.1 Å². The van der Waals surface area contributed by atoms with Crippen molar-refractivity contribution < 1.29 is 24.0 Å². The molecule has 2 heterocycles. The molecule has 4 unspecified atom stereocenters. The number of non-ortho nitro benzene ring substituents is 1. The fourth-order valence-electron chi connectivity index (χ4n) is 4.37. The summed E-state index contributed by atoms with van der Waals surface area (Å²) >= 11 is 12.0. The second-order valence-corrected chi connectivity index (χ2v) is 8.95. The van der Waals surface area contributed by atoms with E-state index in [0.717, 1.165) is 4.90 Å². The lowest BCUT2D eigenvalue weighted by molar-refractivity contribution is -0.384. The van der Waals surface area contributed by atoms with Gasteiger partial charge in [-0.15, -0.1) is 0 Å². The molecule has 1 saturated heterocycles. The first-order chi connectivity index (χ1) is 16.2. The lowest BCUT2D eigenvalue weighted by atomic mass is 9.76. The van der Waals surface area contributed by atoms with Gasteiger partial charge in [0.1, 0.15) is 5.60 Å². The largest absolute Gasteiger partial charge is 0.361 e. The number of amides is 3. The summed E-state index contributed by atoms with van der Waals surface area (Å²) in [5.41, 5.74) is -0.630. The average molecular weight is 504 g/mol. The van der Waals surface area contributed by atoms with Crippen molar-refractivity contribution in [2.24, 2.45) is 11.8 Å². The number of anilines is 1. The fraction of sp³-hybridized carbons (Fsp3) is 0.261. The summed E-state index contributed by atoms with van der Waals surface area (Å²) < 4.78 is 6.09. The third-order valence-electron chi connectivity index (χ3n) is 6.25. The Bertz CT molecular complexity index is 1200. The molecule has 0 aromatic heterocycles. The molecule has 0 radical (unpaired) electrons. The second kappa shape index (κ2) is 9.17. The normalized spacial score (nSPS) is 24.6. The molecule has 2 aromatic rings. The zero-order valence-corrected chi connectivity index (χ0v) is 19.3. The molecule has 1 fully saturated rings. The summed E-state index contributed by atoms with van der Waals surface area (Å²) in [6.45, 7) is 1.90. The Labute approximate surface area is 204 Å². The summed E-state index contributed by atoms with van der Waals surface area (Å²) in [6.07, 6.45) is 3.35. The van der Waals surface area contributed by atoms with Gasteiger partial charge in [-0.1, -0.05) is 42.3 Å². The van der Waals surface area contributed by atoms with Gasteiger partial charge in [-0.3, -0.25) is 29.4 Å². The van der Waals surface area contributed by atoms with Gasteiger partial charge >= 0.3 is 0 Å². The number of hydrogen-bond donors (Lipinski definition) is 1. The quantitative estimate of drug-likeness (QED) is 0.265. The van der Waals surface area contributed by atoms with Crippen LogP contribution in [-0.4, -0.2) is 41.4 Å². The Balaban J connectivity index is 1.49. The number of hydrogen-bond acceptors (Lipinski definition) is 6. The molecule has 34 heavy (non-hydrogen) atoms. The molecule has 0 saturated carbocycles. The first-order valence-corrected chi connectivity index (χ1v) is 11.1. The van der Waals surface area contributed by atoms with E-state index in [2.05, 4.69) is 5.32 Å². The highest BCUT2D eigenvalue weighted by Crippen LogP contribution is 2.47. The summed E-state index contributed by atoms with van der Waals surface area (Å²) in [7, 11) is 0. The van der Waals surface area contributed by atoms with E-state index >= 15 is 0 Å². The minimum Gasteiger partial charge on any atom is -0.361 e. The zero-order valence-electron chi connectivity index (χ0n) is 17.8. The maximum absolute atomic E-state index is 13.3. The Morgan fingerprint density at radius 3 is 2.56 bits per heavy atom. The Hall–Kier alpha value is -3.27. The summed E-state index contributed by atoms with van der Waals surface area (Å²) in [5.74, 6) is -1.99. The lowest BCUT2D eigenvalue weighted by Crippen LogP contribution is -2.48. The number of carbonyl (C=O) groups excluding carboxylic acids is 3. The van der Waals surface area contributed by atoms with Crippen LogP contribution in [0.2, 0.25) is 10.0 Å². The van der Waals surface area contributed by atoms with Crippen molar-refractivity contribution >= 4 is 52.8 Å². The smallest absolute Gasteiger partial charge is 0.269 e. The molecule has 4 rings (SSSR count). The molecule has 4 atom stereocenters. The van der Waals surface area contributed by atoms with Gasteiger partial charge in [-0.05, 0) is 30.3 Å². The number of halogens is 2. The van der Waals surface area contributed by atoms with Crippen molar-refractivity contribution in [2.75, 3.05) is 11.4 Å². The minimum atomic E-state index is -0.941. The van der Waals surface area contributed by atoms with Crippen LogP contribution < -0.4 is 10.2 Å². The van der Waals surface area contributed by atoms with Crippen LogP contribution in [0.15, 0.2) is 54.6 Å². The number of nitro benzene ring substituents is 1. The summed E-state index contributed by atoms with van der Waals surface area (Å²) in [6, 6.07) is 9.66. The number of fused-ring (bicyclic) bond motifs is 2. The molecular weight excluding hydrogens is 485 g/mol. The van der Waals surface area contributed by atoms with Crippen LogP contribution in [-0.2, 0) is 14.3 Å². The molecule has 9 nitrogen and oxygen atoms in total. The maximum Gasteiger partial charge on any atom is 0.269 e. The van der Waals surface area contributed by atoms with E-state index in [1.807, 2.05) is 13.0 Å². The van der Waals surface area contributed by atoms with Gasteiger partial charge in [0.15, 0.2) is 0 Å². The van der Waals surface area contributed by atoms with Crippen molar-refractivity contribution in [1.82, 2.24) is 5.32 Å². The van der Waals surface area contributed by atoms with Crippen molar-refractivity contribution in [1.29, 1.82) is 0 Å². The van der Waals surface area contributed by atoms with Crippen LogP contribution in [0.25, 0.3) is 0 Å². The van der Waals surface area contributed by atoms with Crippen LogP contribution in [0.5, 0.6) is 0 Å². The molecule has 0 aliphatic carbocycles. The van der Waals surface area contributed by atoms with Crippen molar-refractivity contribution in [2.45, 2.75) is 18.6 Å². The predicted molar refractivity (Wildman–Crippen MR) is 125 cm³/mol. The number of carbonyl (C=O) groups is 3. The predicted octanol–water partition coefficient (Wildman–Crippen LogP) is 3.78. The van der Waals surface area contributed by atoms with Gasteiger partial charge in [0.05, 0.1) is 39.8 Å². The summed E-state index contributed by atoms with van der Waals surface area (Å²) in [4.78, 5) is 49.0. The van der Waals surface area contributed by atoms with Crippen LogP contribution >= 0.6 is 23.2 Å². The highest BCUT2D eigenvalue weighted by atomic mass is 35.5. The first-order valence-electron chi connectivity index (χ1n) is 10.3. The SMILES string of the molecule is CC1C(C(=O)N(C=O)c2ccc([N+](=O)[O-])cc2)C2C=CC1(CNC(=O)c1ccc(Cl)cc1Cl)O2. The number of rotatable bonds is 7. The number of ether oxygens (including phenoxy) is 1. The Morgan fingerprint density at radius 2 is 1.94 bits per heavy atom. The van der Waals surface area contributed by atoms with E-state index in [4.69, 9.17) is 27.9 Å². The Morgan fingerprint density at radius 1 is 1.24 bits per heavy atom. The molecule has 2 aromatic carbocycles. The van der Waals surface area contributed by atoms with Crippen LogP contribution in [0, 0.1) is 22.0 Å². The molecule has 3 amide bonds. The second-order valence-electron chi connectivity index (χ2n) is 8.10. The van der Waals surface area contributed by atoms with Gasteiger partial charge < -0.3 is 10.1 Å². The van der Waals surface area contributed by atoms with E-state index in [1.54, 1.807) is 12.1 Å². The Kier molecular flexibility index (Phi) is 6.44. The molecule has 2 aliphatic heterocycles. The van der Waals surface area contributed by atoms with E-state index < -0.39 is 34.4 Å². The highest BCUT2D eigenvalue weighted by molar-refractivity contribution is 6.36. The number of nitro groups is 1. The monoisotopic (exact) mass is 503 g/mol. The van der Waals surface area contributed by atoms with Gasteiger partial charge in [0.25, 0.3) is 11.6 Å². The number of nitrogens with zero attached hydrogens (tertiary/aromatic N) is 2. The number of benzene rings is 2. The topological polar surface area (TPSA) is 119 Å². The molecule has 2 aliphatic rings. The third-order valence-corrected chi connectivity index (χ3v) is 6.80. The summed E-state index contributed by atoms with van der Waals surface area (Å²) in [5, 5.41) is 14.3. The minimum absolute atomic E-state index is 0.0847. The molecule has 11 heteroatoms. The zero-order chi connectivity index (χ0) is 24.6. The molecule has 0 spiro atoms. The van der Waals surface area contributed by atoms with E-state index in [0.29, 0.717) is 11.4 Å². The highest BCUT2D eigenvalue weighted by Gasteiger charge is 2.57. The van der Waals surface area contributed by atoms with E-state index in [1.165, 1.54) is 36.4 Å². The van der Waals surface area contributed by atoms with Gasteiger partial charge in [-0.2, -0.15) is 0 Å². The lowest BCUT2D eigenvalue weighted by Gasteiger charge is -2.32. The van der Waals surface area contributed by atoms with Crippen LogP contribution in [0.4, 0.5) is 11.4 Å². The molecule has 2 bridgehead atoms. The van der Waals surface area contributed by atoms with Crippen molar-refractivity contribution in [3.8, 4) is 0 Å². The van der Waals surface area contributed by atoms with Gasteiger partial charge in [-0.25, -0.2) is 0 Å². The van der Waals surface area contributed by atoms with Crippen LogP contribution in [0.3, 0.4) is 0 Å². The van der Waals surface area contributed by atoms with Crippen molar-refractivity contribution in [3.63, 3.8) is 0 Å². The maximum atomic E-state index is 13.3. The van der Waals surface area contributed by atoms with E-state index in [-0.39, 0.29) is 34.4 Å². The number of imide groups is 1. The van der Waals surface area contributed by atoms with Crippen LogP contribution in [0.1, 0.15) is 17.3 Å². The standard InChI is InChI=1S/C23H19Cl2N3O6/c1-13-20(22(31)27(12-29)15-3-5-16(6-4-15)28(32)33)19-8-9-23(13,34-19)11-26-21(30)17-7-2-14(24)10-18(17)25/h2-10,12-13,19-20H,11H2,1H3,(H,26,30). The average Bonchev–Trinajstić information content (AvgIpc) is 3.34.